The summed E-state index contributed by atoms with van der Waals surface area (Å²) in [7, 11) is 0. The Morgan fingerprint density at radius 2 is 1.93 bits per heavy atom. The minimum Gasteiger partial charge on any atom is -0.302 e. The average Bonchev–Trinajstić information content (AvgIpc) is 2.26. The molecule has 0 aliphatic rings. The molecule has 0 aliphatic carbocycles. The molecule has 86 valence electrons. The molecule has 0 saturated carbocycles. The Bertz CT molecular complexity index is 191. The fourth-order valence-electron chi connectivity index (χ4n) is 1.39. The van der Waals surface area contributed by atoms with E-state index in [0.29, 0.717) is 0 Å². The van der Waals surface area contributed by atoms with Gasteiger partial charge in [-0.1, -0.05) is 31.9 Å². The third kappa shape index (κ3) is 11.1. The van der Waals surface area contributed by atoms with Crippen LogP contribution in [0.5, 0.6) is 0 Å². The number of unbranched alkanes of at least 4 members (excludes halogenated alkanes) is 4. The summed E-state index contributed by atoms with van der Waals surface area (Å²) in [6, 6.07) is 2.17. The molecule has 0 aromatic rings. The van der Waals surface area contributed by atoms with E-state index in [1.54, 1.807) is 0 Å². The normalized spacial score (nSPS) is 12.9. The Labute approximate surface area is 94.4 Å². The number of nitrogens with one attached hydrogen (secondary N) is 1. The Hall–Kier alpha value is -0.810. The number of nitriles is 1. The van der Waals surface area contributed by atoms with Crippen LogP contribution in [0.2, 0.25) is 0 Å². The average molecular weight is 208 g/mol. The molecular weight excluding hydrogens is 184 g/mol. The maximum absolute atomic E-state index is 8.54. The minimum absolute atomic E-state index is 0.00233. The van der Waals surface area contributed by atoms with E-state index < -0.39 is 0 Å². The molecule has 0 rings (SSSR count). The van der Waals surface area contributed by atoms with E-state index in [-0.39, 0.29) is 6.04 Å². The molecule has 0 fully saturated rings. The van der Waals surface area contributed by atoms with Gasteiger partial charge in [0.25, 0.3) is 0 Å². The summed E-state index contributed by atoms with van der Waals surface area (Å²) < 4.78 is 0. The van der Waals surface area contributed by atoms with Gasteiger partial charge >= 0.3 is 0 Å². The molecule has 0 heterocycles. The van der Waals surface area contributed by atoms with Crippen LogP contribution in [0.3, 0.4) is 0 Å². The maximum atomic E-state index is 8.54. The van der Waals surface area contributed by atoms with Crippen LogP contribution in [0.15, 0.2) is 12.2 Å². The van der Waals surface area contributed by atoms with Gasteiger partial charge < -0.3 is 5.32 Å². The van der Waals surface area contributed by atoms with E-state index in [1.165, 1.54) is 32.1 Å². The van der Waals surface area contributed by atoms with Gasteiger partial charge in [-0.05, 0) is 39.2 Å². The first-order valence-electron chi connectivity index (χ1n) is 6.09. The highest BCUT2D eigenvalue weighted by atomic mass is 14.9. The monoisotopic (exact) mass is 208 g/mol. The molecule has 0 aromatic carbocycles. The van der Waals surface area contributed by atoms with E-state index in [2.05, 4.69) is 30.5 Å². The summed E-state index contributed by atoms with van der Waals surface area (Å²) in [4.78, 5) is 0. The molecule has 0 aromatic heterocycles. The Kier molecular flexibility index (Phi) is 10.7. The van der Waals surface area contributed by atoms with Crippen LogP contribution in [0.4, 0.5) is 0 Å². The smallest absolute Gasteiger partial charge is 0.0924 e. The second-order valence-electron chi connectivity index (χ2n) is 3.89. The second kappa shape index (κ2) is 11.3. The molecule has 0 radical (unpaired) electrons. The minimum atomic E-state index is -0.00233. The fourth-order valence-corrected chi connectivity index (χ4v) is 1.39. The number of hydrogen-bond donors (Lipinski definition) is 1. The van der Waals surface area contributed by atoms with E-state index in [1.807, 2.05) is 6.92 Å². The lowest BCUT2D eigenvalue weighted by Crippen LogP contribution is -2.25. The fraction of sp³-hybridized carbons (Fsp3) is 0.769. The summed E-state index contributed by atoms with van der Waals surface area (Å²) in [5.74, 6) is 0. The van der Waals surface area contributed by atoms with Crippen molar-refractivity contribution in [1.29, 1.82) is 5.26 Å². The standard InChI is InChI=1S/C13H24N2/c1-3-4-5-6-7-8-9-10-11-15-13(2)12-14/h4-5,13,15H,3,6-11H2,1-2H3/b5-4+. The van der Waals surface area contributed by atoms with Crippen LogP contribution < -0.4 is 5.32 Å². The Morgan fingerprint density at radius 1 is 1.20 bits per heavy atom. The SMILES string of the molecule is CC/C=C/CCCCCCNC(C)C#N. The predicted octanol–water partition coefficient (Wildman–Crippen LogP) is 3.40. The first-order valence-corrected chi connectivity index (χ1v) is 6.09. The number of hydrogen-bond acceptors (Lipinski definition) is 2. The zero-order valence-corrected chi connectivity index (χ0v) is 10.1. The highest BCUT2D eigenvalue weighted by Gasteiger charge is 1.95. The summed E-state index contributed by atoms with van der Waals surface area (Å²) in [6.45, 7) is 5.04. The third-order valence-electron chi connectivity index (χ3n) is 2.34. The van der Waals surface area contributed by atoms with Crippen molar-refractivity contribution < 1.29 is 0 Å². The summed E-state index contributed by atoms with van der Waals surface area (Å²) >= 11 is 0. The van der Waals surface area contributed by atoms with Crippen LogP contribution in [0.25, 0.3) is 0 Å². The van der Waals surface area contributed by atoms with Crippen LogP contribution in [0, 0.1) is 11.3 Å². The van der Waals surface area contributed by atoms with E-state index in [9.17, 15) is 0 Å². The molecule has 2 heteroatoms. The molecule has 0 saturated heterocycles. The topological polar surface area (TPSA) is 35.8 Å². The molecule has 0 amide bonds. The highest BCUT2D eigenvalue weighted by molar-refractivity contribution is 4.84. The lowest BCUT2D eigenvalue weighted by Gasteiger charge is -2.04. The van der Waals surface area contributed by atoms with Gasteiger partial charge in [-0.25, -0.2) is 0 Å². The Balaban J connectivity index is 3.06. The van der Waals surface area contributed by atoms with Gasteiger partial charge in [0.05, 0.1) is 12.1 Å². The van der Waals surface area contributed by atoms with Gasteiger partial charge in [0, 0.05) is 0 Å². The number of allylic oxidation sites excluding steroid dienone is 2. The summed E-state index contributed by atoms with van der Waals surface area (Å²) in [6.07, 6.45) is 11.9. The first kappa shape index (κ1) is 14.2. The molecule has 1 atom stereocenters. The van der Waals surface area contributed by atoms with Crippen molar-refractivity contribution in [2.24, 2.45) is 0 Å². The van der Waals surface area contributed by atoms with Crippen molar-refractivity contribution in [3.8, 4) is 6.07 Å². The van der Waals surface area contributed by atoms with Gasteiger partial charge in [-0.3, -0.25) is 0 Å². The van der Waals surface area contributed by atoms with Crippen LogP contribution in [-0.4, -0.2) is 12.6 Å². The van der Waals surface area contributed by atoms with Crippen molar-refractivity contribution in [2.45, 2.75) is 58.4 Å². The van der Waals surface area contributed by atoms with Gasteiger partial charge in [-0.15, -0.1) is 0 Å². The number of nitrogens with zero attached hydrogens (tertiary/aromatic N) is 1. The van der Waals surface area contributed by atoms with Gasteiger partial charge in [0.2, 0.25) is 0 Å². The largest absolute Gasteiger partial charge is 0.302 e. The molecule has 1 N–H and O–H groups in total. The van der Waals surface area contributed by atoms with Gasteiger partial charge in [0.15, 0.2) is 0 Å². The van der Waals surface area contributed by atoms with Crippen molar-refractivity contribution in [3.05, 3.63) is 12.2 Å². The van der Waals surface area contributed by atoms with Crippen LogP contribution in [-0.2, 0) is 0 Å². The molecule has 2 nitrogen and oxygen atoms in total. The summed E-state index contributed by atoms with van der Waals surface area (Å²) in [5, 5.41) is 11.7. The van der Waals surface area contributed by atoms with Crippen molar-refractivity contribution >= 4 is 0 Å². The quantitative estimate of drug-likeness (QED) is 0.465. The van der Waals surface area contributed by atoms with E-state index >= 15 is 0 Å². The van der Waals surface area contributed by atoms with Gasteiger partial charge in [-0.2, -0.15) is 5.26 Å². The first-order chi connectivity index (χ1) is 7.31. The highest BCUT2D eigenvalue weighted by Crippen LogP contribution is 2.03. The van der Waals surface area contributed by atoms with Crippen molar-refractivity contribution in [1.82, 2.24) is 5.32 Å². The maximum Gasteiger partial charge on any atom is 0.0924 e. The molecule has 1 unspecified atom stereocenters. The van der Waals surface area contributed by atoms with Crippen LogP contribution >= 0.6 is 0 Å². The predicted molar refractivity (Wildman–Crippen MR) is 65.6 cm³/mol. The molecule has 15 heavy (non-hydrogen) atoms. The van der Waals surface area contributed by atoms with Crippen molar-refractivity contribution in [3.63, 3.8) is 0 Å². The molecular formula is C13H24N2. The molecule has 0 aliphatic heterocycles. The zero-order valence-electron chi connectivity index (χ0n) is 10.1. The Morgan fingerprint density at radius 3 is 2.60 bits per heavy atom. The van der Waals surface area contributed by atoms with Gasteiger partial charge in [0.1, 0.15) is 0 Å². The second-order valence-corrected chi connectivity index (χ2v) is 3.89. The summed E-state index contributed by atoms with van der Waals surface area (Å²) in [5.41, 5.74) is 0. The lowest BCUT2D eigenvalue weighted by atomic mass is 10.1. The number of rotatable bonds is 9. The van der Waals surface area contributed by atoms with E-state index in [4.69, 9.17) is 5.26 Å². The third-order valence-corrected chi connectivity index (χ3v) is 2.34. The molecule has 0 bridgehead atoms. The van der Waals surface area contributed by atoms with E-state index in [0.717, 1.165) is 13.0 Å². The van der Waals surface area contributed by atoms with Crippen molar-refractivity contribution in [2.75, 3.05) is 6.54 Å². The van der Waals surface area contributed by atoms with Crippen LogP contribution in [0.1, 0.15) is 52.4 Å². The lowest BCUT2D eigenvalue weighted by molar-refractivity contribution is 0.570. The molecule has 0 spiro atoms. The zero-order chi connectivity index (χ0) is 11.4.